The highest BCUT2D eigenvalue weighted by Crippen LogP contribution is 2.09. The molecule has 0 radical (unpaired) electrons. The third-order valence-electron chi connectivity index (χ3n) is 2.59. The molecular formula is C11H22N2O2S. The van der Waals surface area contributed by atoms with Gasteiger partial charge in [-0.15, -0.1) is 0 Å². The lowest BCUT2D eigenvalue weighted by atomic mass is 10.3. The summed E-state index contributed by atoms with van der Waals surface area (Å²) in [7, 11) is -2.79. The Balaban J connectivity index is 2.18. The molecule has 0 bridgehead atoms. The number of hydrogen-bond donors (Lipinski definition) is 0. The summed E-state index contributed by atoms with van der Waals surface area (Å²) in [6.45, 7) is 5.11. The van der Waals surface area contributed by atoms with Gasteiger partial charge in [-0.05, 0) is 19.3 Å². The molecule has 0 aromatic carbocycles. The smallest absolute Gasteiger partial charge is 0.147 e. The molecule has 1 aliphatic heterocycles. The summed E-state index contributed by atoms with van der Waals surface area (Å²) >= 11 is 0. The van der Waals surface area contributed by atoms with E-state index in [0.29, 0.717) is 5.75 Å². The standard InChI is InChI=1S/C11H22N2O2S/c1-3-7-12-9-6-10-13(12)8-4-5-11-16(2,14)15/h6,9H,3-5,7-8,10-11H2,1-2H3. The van der Waals surface area contributed by atoms with E-state index in [2.05, 4.69) is 29.2 Å². The number of sulfone groups is 1. The molecule has 94 valence electrons. The fraction of sp³-hybridized carbons (Fsp3) is 0.818. The molecule has 1 aliphatic rings. The third kappa shape index (κ3) is 4.99. The van der Waals surface area contributed by atoms with Gasteiger partial charge >= 0.3 is 0 Å². The van der Waals surface area contributed by atoms with Gasteiger partial charge in [0.25, 0.3) is 0 Å². The van der Waals surface area contributed by atoms with Crippen LogP contribution in [-0.2, 0) is 9.84 Å². The van der Waals surface area contributed by atoms with Gasteiger partial charge in [-0.25, -0.2) is 13.4 Å². The summed E-state index contributed by atoms with van der Waals surface area (Å²) in [5.41, 5.74) is 0. The molecule has 5 heteroatoms. The molecule has 0 atom stereocenters. The van der Waals surface area contributed by atoms with Crippen molar-refractivity contribution in [2.75, 3.05) is 31.6 Å². The number of hydrazine groups is 1. The minimum absolute atomic E-state index is 0.308. The average molecular weight is 246 g/mol. The highest BCUT2D eigenvalue weighted by atomic mass is 32.2. The van der Waals surface area contributed by atoms with Crippen LogP contribution in [0.1, 0.15) is 26.2 Å². The van der Waals surface area contributed by atoms with Crippen LogP contribution in [0.5, 0.6) is 0 Å². The second-order valence-corrected chi connectivity index (χ2v) is 6.56. The molecule has 4 nitrogen and oxygen atoms in total. The lowest BCUT2D eigenvalue weighted by Crippen LogP contribution is -2.36. The van der Waals surface area contributed by atoms with Crippen molar-refractivity contribution in [3.05, 3.63) is 12.3 Å². The Morgan fingerprint density at radius 2 is 2.00 bits per heavy atom. The molecule has 0 saturated heterocycles. The van der Waals surface area contributed by atoms with Crippen molar-refractivity contribution in [2.24, 2.45) is 0 Å². The summed E-state index contributed by atoms with van der Waals surface area (Å²) in [6.07, 6.45) is 8.38. The number of hydrogen-bond acceptors (Lipinski definition) is 4. The largest absolute Gasteiger partial charge is 0.313 e. The Kier molecular flexibility index (Phi) is 5.28. The molecule has 0 fully saturated rings. The Morgan fingerprint density at radius 3 is 2.62 bits per heavy atom. The van der Waals surface area contributed by atoms with Gasteiger partial charge in [0, 0.05) is 37.8 Å². The molecule has 0 amide bonds. The van der Waals surface area contributed by atoms with Crippen LogP contribution in [0.2, 0.25) is 0 Å². The molecule has 1 rings (SSSR count). The van der Waals surface area contributed by atoms with Crippen LogP contribution in [0, 0.1) is 0 Å². The van der Waals surface area contributed by atoms with E-state index in [1.807, 2.05) is 0 Å². The van der Waals surface area contributed by atoms with Crippen molar-refractivity contribution in [3.8, 4) is 0 Å². The molecule has 0 aliphatic carbocycles. The van der Waals surface area contributed by atoms with Crippen molar-refractivity contribution in [1.29, 1.82) is 0 Å². The van der Waals surface area contributed by atoms with E-state index >= 15 is 0 Å². The van der Waals surface area contributed by atoms with Crippen molar-refractivity contribution < 1.29 is 8.42 Å². The molecule has 16 heavy (non-hydrogen) atoms. The Hall–Kier alpha value is -0.550. The maximum absolute atomic E-state index is 11.0. The zero-order chi connectivity index (χ0) is 12.0. The first-order valence-electron chi connectivity index (χ1n) is 5.89. The SMILES string of the molecule is CCCN1C=CCN1CCCCS(C)(=O)=O. The molecule has 0 saturated carbocycles. The first kappa shape index (κ1) is 13.5. The zero-order valence-electron chi connectivity index (χ0n) is 10.2. The van der Waals surface area contributed by atoms with Gasteiger partial charge in [0.05, 0.1) is 0 Å². The normalized spacial score (nSPS) is 17.2. The number of nitrogens with zero attached hydrogens (tertiary/aromatic N) is 2. The molecule has 0 spiro atoms. The quantitative estimate of drug-likeness (QED) is 0.634. The van der Waals surface area contributed by atoms with Crippen molar-refractivity contribution in [2.45, 2.75) is 26.2 Å². The van der Waals surface area contributed by atoms with Gasteiger partial charge in [0.15, 0.2) is 0 Å². The predicted octanol–water partition coefficient (Wildman–Crippen LogP) is 1.27. The molecule has 0 unspecified atom stereocenters. The Morgan fingerprint density at radius 1 is 1.25 bits per heavy atom. The van der Waals surface area contributed by atoms with Gasteiger partial charge in [0.2, 0.25) is 0 Å². The van der Waals surface area contributed by atoms with Crippen LogP contribution in [-0.4, -0.2) is 50.1 Å². The van der Waals surface area contributed by atoms with Crippen molar-refractivity contribution in [3.63, 3.8) is 0 Å². The summed E-state index contributed by atoms with van der Waals surface area (Å²) in [4.78, 5) is 0. The minimum atomic E-state index is -2.79. The van der Waals surface area contributed by atoms with Gasteiger partial charge in [0.1, 0.15) is 9.84 Å². The van der Waals surface area contributed by atoms with E-state index < -0.39 is 9.84 Å². The topological polar surface area (TPSA) is 40.6 Å². The molecular weight excluding hydrogens is 224 g/mol. The van der Waals surface area contributed by atoms with Crippen molar-refractivity contribution in [1.82, 2.24) is 10.0 Å². The lowest BCUT2D eigenvalue weighted by molar-refractivity contribution is 0.0507. The molecule has 0 N–H and O–H groups in total. The summed E-state index contributed by atoms with van der Waals surface area (Å²) in [5, 5.41) is 4.49. The van der Waals surface area contributed by atoms with Crippen LogP contribution in [0.25, 0.3) is 0 Å². The third-order valence-corrected chi connectivity index (χ3v) is 3.62. The number of rotatable bonds is 7. The predicted molar refractivity (Wildman–Crippen MR) is 66.7 cm³/mol. The molecule has 0 aromatic heterocycles. The van der Waals surface area contributed by atoms with Gasteiger partial charge in [-0.1, -0.05) is 13.0 Å². The summed E-state index contributed by atoms with van der Waals surface area (Å²) < 4.78 is 21.9. The lowest BCUT2D eigenvalue weighted by Gasteiger charge is -2.28. The average Bonchev–Trinajstić information content (AvgIpc) is 2.60. The zero-order valence-corrected chi connectivity index (χ0v) is 11.0. The summed E-state index contributed by atoms with van der Waals surface area (Å²) in [5.74, 6) is 0.308. The van der Waals surface area contributed by atoms with E-state index in [4.69, 9.17) is 0 Å². The van der Waals surface area contributed by atoms with E-state index in [1.165, 1.54) is 6.26 Å². The fourth-order valence-corrected chi connectivity index (χ4v) is 2.54. The van der Waals surface area contributed by atoms with Crippen LogP contribution in [0.3, 0.4) is 0 Å². The van der Waals surface area contributed by atoms with Crippen LogP contribution >= 0.6 is 0 Å². The minimum Gasteiger partial charge on any atom is -0.313 e. The second-order valence-electron chi connectivity index (χ2n) is 4.30. The van der Waals surface area contributed by atoms with Gasteiger partial charge < -0.3 is 5.01 Å². The van der Waals surface area contributed by atoms with E-state index in [1.54, 1.807) is 0 Å². The van der Waals surface area contributed by atoms with Crippen LogP contribution in [0.4, 0.5) is 0 Å². The maximum Gasteiger partial charge on any atom is 0.147 e. The Labute approximate surface area is 98.8 Å². The van der Waals surface area contributed by atoms with Crippen molar-refractivity contribution >= 4 is 9.84 Å². The maximum atomic E-state index is 11.0. The van der Waals surface area contributed by atoms with E-state index in [0.717, 1.165) is 38.9 Å². The number of unbranched alkanes of at least 4 members (excludes halogenated alkanes) is 1. The second kappa shape index (κ2) is 6.25. The molecule has 0 aromatic rings. The Bertz CT molecular complexity index is 325. The highest BCUT2D eigenvalue weighted by molar-refractivity contribution is 7.90. The van der Waals surface area contributed by atoms with Gasteiger partial charge in [-0.3, -0.25) is 0 Å². The van der Waals surface area contributed by atoms with E-state index in [9.17, 15) is 8.42 Å². The monoisotopic (exact) mass is 246 g/mol. The van der Waals surface area contributed by atoms with Gasteiger partial charge in [-0.2, -0.15) is 0 Å². The highest BCUT2D eigenvalue weighted by Gasteiger charge is 2.14. The van der Waals surface area contributed by atoms with Crippen LogP contribution in [0.15, 0.2) is 12.3 Å². The molecule has 1 heterocycles. The first-order chi connectivity index (χ1) is 7.53. The van der Waals surface area contributed by atoms with E-state index in [-0.39, 0.29) is 0 Å². The summed E-state index contributed by atoms with van der Waals surface area (Å²) in [6, 6.07) is 0. The van der Waals surface area contributed by atoms with Crippen LogP contribution < -0.4 is 0 Å². The first-order valence-corrected chi connectivity index (χ1v) is 7.95. The fourth-order valence-electron chi connectivity index (χ4n) is 1.81.